The predicted molar refractivity (Wildman–Crippen MR) is 112 cm³/mol. The van der Waals surface area contributed by atoms with E-state index in [0.717, 1.165) is 0 Å². The Morgan fingerprint density at radius 3 is 0.462 bits per heavy atom. The van der Waals surface area contributed by atoms with Gasteiger partial charge in [-0.3, -0.25) is 0 Å². The minimum atomic E-state index is 0. The molecule has 2 nitrogen and oxygen atoms in total. The standard InChI is InChI=1S/C24H16.2H3N/c1-2-10-18-17(9-1)19-11-3-4-13-21(19)23-15-7-8-16-24(23)22-14-6-5-12-20(18)22;;/h1-16H;2*1H3. The number of fused-ring (bicyclic) bond motifs is 8. The third-order valence-corrected chi connectivity index (χ3v) is 4.87. The molecule has 0 fully saturated rings. The second-order valence-corrected chi connectivity index (χ2v) is 6.18. The lowest BCUT2D eigenvalue weighted by atomic mass is 9.81. The zero-order valence-corrected chi connectivity index (χ0v) is 14.7. The second-order valence-electron chi connectivity index (χ2n) is 6.18. The van der Waals surface area contributed by atoms with E-state index in [-0.39, 0.29) is 12.3 Å². The minimum Gasteiger partial charge on any atom is -0.344 e. The molecule has 1 aliphatic carbocycles. The van der Waals surface area contributed by atoms with E-state index in [1.807, 2.05) is 0 Å². The first-order chi connectivity index (χ1) is 11.9. The lowest BCUT2D eigenvalue weighted by Crippen LogP contribution is -1.96. The summed E-state index contributed by atoms with van der Waals surface area (Å²) in [5, 5.41) is 0. The highest BCUT2D eigenvalue weighted by Crippen LogP contribution is 2.46. The molecule has 26 heavy (non-hydrogen) atoms. The van der Waals surface area contributed by atoms with Gasteiger partial charge in [-0.05, 0) is 44.5 Å². The summed E-state index contributed by atoms with van der Waals surface area (Å²) < 4.78 is 0. The maximum Gasteiger partial charge on any atom is -0.00990 e. The van der Waals surface area contributed by atoms with Crippen LogP contribution in [0.5, 0.6) is 0 Å². The maximum absolute atomic E-state index is 2.24. The van der Waals surface area contributed by atoms with Crippen LogP contribution in [0.2, 0.25) is 0 Å². The molecule has 0 bridgehead atoms. The van der Waals surface area contributed by atoms with Crippen LogP contribution in [0.1, 0.15) is 0 Å². The Morgan fingerprint density at radius 2 is 0.346 bits per heavy atom. The molecule has 2 heteroatoms. The lowest BCUT2D eigenvalue weighted by Gasteiger charge is -2.22. The molecule has 5 rings (SSSR count). The van der Waals surface area contributed by atoms with Gasteiger partial charge in [0.2, 0.25) is 0 Å². The van der Waals surface area contributed by atoms with Crippen LogP contribution in [0.3, 0.4) is 0 Å². The molecule has 4 aromatic carbocycles. The summed E-state index contributed by atoms with van der Waals surface area (Å²) in [6, 6.07) is 34.9. The van der Waals surface area contributed by atoms with Crippen molar-refractivity contribution in [2.45, 2.75) is 0 Å². The highest BCUT2D eigenvalue weighted by molar-refractivity contribution is 6.02. The molecule has 128 valence electrons. The second kappa shape index (κ2) is 6.96. The van der Waals surface area contributed by atoms with Gasteiger partial charge in [0.15, 0.2) is 0 Å². The molecule has 0 heterocycles. The van der Waals surface area contributed by atoms with Gasteiger partial charge in [-0.25, -0.2) is 0 Å². The predicted octanol–water partition coefficient (Wildman–Crippen LogP) is 6.99. The largest absolute Gasteiger partial charge is 0.344 e. The molecular formula is C24H22N2. The summed E-state index contributed by atoms with van der Waals surface area (Å²) in [6.45, 7) is 0. The van der Waals surface area contributed by atoms with Crippen LogP contribution in [0.4, 0.5) is 0 Å². The molecule has 0 atom stereocenters. The number of rotatable bonds is 0. The topological polar surface area (TPSA) is 70.0 Å². The fourth-order valence-corrected chi connectivity index (χ4v) is 3.81. The molecule has 6 N–H and O–H groups in total. The first-order valence-electron chi connectivity index (χ1n) is 8.31. The van der Waals surface area contributed by atoms with E-state index in [1.54, 1.807) is 0 Å². The Kier molecular flexibility index (Phi) is 4.72. The van der Waals surface area contributed by atoms with Crippen LogP contribution in [-0.2, 0) is 0 Å². The molecule has 0 radical (unpaired) electrons. The zero-order chi connectivity index (χ0) is 15.9. The molecule has 0 saturated carbocycles. The van der Waals surface area contributed by atoms with Crippen molar-refractivity contribution >= 4 is 0 Å². The van der Waals surface area contributed by atoms with Crippen molar-refractivity contribution in [3.8, 4) is 44.5 Å². The van der Waals surface area contributed by atoms with Crippen molar-refractivity contribution in [1.29, 1.82) is 0 Å². The molecule has 0 saturated heterocycles. The van der Waals surface area contributed by atoms with Crippen LogP contribution < -0.4 is 12.3 Å². The first-order valence-corrected chi connectivity index (χ1v) is 8.31. The van der Waals surface area contributed by atoms with Gasteiger partial charge in [-0.1, -0.05) is 97.1 Å². The van der Waals surface area contributed by atoms with Crippen molar-refractivity contribution in [1.82, 2.24) is 12.3 Å². The Labute approximate surface area is 154 Å². The molecule has 1 aliphatic rings. The fraction of sp³-hybridized carbons (Fsp3) is 0. The van der Waals surface area contributed by atoms with E-state index in [0.29, 0.717) is 0 Å². The van der Waals surface area contributed by atoms with Gasteiger partial charge in [-0.15, -0.1) is 0 Å². The molecule has 4 aromatic rings. The van der Waals surface area contributed by atoms with E-state index >= 15 is 0 Å². The normalized spacial score (nSPS) is 10.5. The van der Waals surface area contributed by atoms with Crippen molar-refractivity contribution in [2.24, 2.45) is 0 Å². The SMILES string of the molecule is N.N.c1ccc2c(c1)-c1ccccc1-c1ccccc1-c1ccccc1-2. The number of hydrogen-bond donors (Lipinski definition) is 2. The monoisotopic (exact) mass is 338 g/mol. The summed E-state index contributed by atoms with van der Waals surface area (Å²) in [5.74, 6) is 0. The van der Waals surface area contributed by atoms with Gasteiger partial charge >= 0.3 is 0 Å². The Morgan fingerprint density at radius 1 is 0.231 bits per heavy atom. The molecule has 0 aliphatic heterocycles. The molecule has 0 spiro atoms. The fourth-order valence-electron chi connectivity index (χ4n) is 3.81. The lowest BCUT2D eigenvalue weighted by molar-refractivity contribution is 1.52. The molecule has 0 amide bonds. The van der Waals surface area contributed by atoms with Crippen LogP contribution in [0, 0.1) is 0 Å². The van der Waals surface area contributed by atoms with Gasteiger partial charge < -0.3 is 12.3 Å². The summed E-state index contributed by atoms with van der Waals surface area (Å²) in [6.07, 6.45) is 0. The quantitative estimate of drug-likeness (QED) is 0.319. The van der Waals surface area contributed by atoms with Crippen molar-refractivity contribution in [3.63, 3.8) is 0 Å². The zero-order valence-electron chi connectivity index (χ0n) is 14.7. The van der Waals surface area contributed by atoms with E-state index < -0.39 is 0 Å². The summed E-state index contributed by atoms with van der Waals surface area (Å²) in [7, 11) is 0. The highest BCUT2D eigenvalue weighted by Gasteiger charge is 2.20. The summed E-state index contributed by atoms with van der Waals surface area (Å²) in [5.41, 5.74) is 10.4. The average Bonchev–Trinajstić information content (AvgIpc) is 2.67. The summed E-state index contributed by atoms with van der Waals surface area (Å²) in [4.78, 5) is 0. The van der Waals surface area contributed by atoms with E-state index in [4.69, 9.17) is 0 Å². The Hall–Kier alpha value is -3.20. The maximum atomic E-state index is 2.24. The van der Waals surface area contributed by atoms with E-state index in [1.165, 1.54) is 44.5 Å². The molecular weight excluding hydrogens is 316 g/mol. The van der Waals surface area contributed by atoms with Gasteiger partial charge in [-0.2, -0.15) is 0 Å². The number of benzene rings is 4. The van der Waals surface area contributed by atoms with Crippen LogP contribution in [0.15, 0.2) is 97.1 Å². The van der Waals surface area contributed by atoms with Crippen LogP contribution >= 0.6 is 0 Å². The van der Waals surface area contributed by atoms with Crippen LogP contribution in [-0.4, -0.2) is 0 Å². The van der Waals surface area contributed by atoms with Crippen LogP contribution in [0.25, 0.3) is 44.5 Å². The summed E-state index contributed by atoms with van der Waals surface area (Å²) >= 11 is 0. The average molecular weight is 338 g/mol. The van der Waals surface area contributed by atoms with Crippen molar-refractivity contribution in [2.75, 3.05) is 0 Å². The van der Waals surface area contributed by atoms with E-state index in [9.17, 15) is 0 Å². The van der Waals surface area contributed by atoms with Gasteiger partial charge in [0.25, 0.3) is 0 Å². The number of hydrogen-bond acceptors (Lipinski definition) is 2. The van der Waals surface area contributed by atoms with Crippen molar-refractivity contribution in [3.05, 3.63) is 97.1 Å². The van der Waals surface area contributed by atoms with Crippen molar-refractivity contribution < 1.29 is 0 Å². The minimum absolute atomic E-state index is 0. The highest BCUT2D eigenvalue weighted by atomic mass is 14.2. The first kappa shape index (κ1) is 17.6. The van der Waals surface area contributed by atoms with Gasteiger partial charge in [0, 0.05) is 0 Å². The van der Waals surface area contributed by atoms with E-state index in [2.05, 4.69) is 97.1 Å². The van der Waals surface area contributed by atoms with Gasteiger partial charge in [0.1, 0.15) is 0 Å². The third kappa shape index (κ3) is 2.53. The molecule has 0 aromatic heterocycles. The van der Waals surface area contributed by atoms with Gasteiger partial charge in [0.05, 0.1) is 0 Å². The third-order valence-electron chi connectivity index (χ3n) is 4.87. The molecule has 0 unspecified atom stereocenters. The smallest absolute Gasteiger partial charge is 0.00990 e. The Bertz CT molecular complexity index is 780. The Balaban J connectivity index is 0.000000980.